The first kappa shape index (κ1) is 18.5. The Labute approximate surface area is 165 Å². The standard InChI is InChI=1S/C21H17N3O5/c25-21(14-10-15(23(26)27)12-16(11-14)24(28)29)22-20-7-3-6-18-17-5-2-1-4-13(17)8-9-19(18)20/h1-2,4-5,8-12,20H,3,6-7H2,(H,22,25)/t20-/m0/s1. The summed E-state index contributed by atoms with van der Waals surface area (Å²) in [5, 5.41) is 27.3. The predicted molar refractivity (Wildman–Crippen MR) is 107 cm³/mol. The maximum Gasteiger partial charge on any atom is 0.277 e. The van der Waals surface area contributed by atoms with Crippen LogP contribution in [0.1, 0.15) is 40.4 Å². The summed E-state index contributed by atoms with van der Waals surface area (Å²) in [4.78, 5) is 33.5. The van der Waals surface area contributed by atoms with Gasteiger partial charge in [0.2, 0.25) is 0 Å². The molecule has 0 aliphatic heterocycles. The van der Waals surface area contributed by atoms with Gasteiger partial charge in [-0.05, 0) is 41.2 Å². The first-order valence-electron chi connectivity index (χ1n) is 9.19. The van der Waals surface area contributed by atoms with Gasteiger partial charge in [-0.1, -0.05) is 36.4 Å². The van der Waals surface area contributed by atoms with Crippen molar-refractivity contribution in [2.24, 2.45) is 0 Å². The van der Waals surface area contributed by atoms with Gasteiger partial charge < -0.3 is 5.32 Å². The zero-order valence-electron chi connectivity index (χ0n) is 15.3. The van der Waals surface area contributed by atoms with Gasteiger partial charge in [-0.2, -0.15) is 0 Å². The van der Waals surface area contributed by atoms with Crippen molar-refractivity contribution >= 4 is 28.1 Å². The SMILES string of the molecule is O=C(N[C@H]1CCCc2c1ccc1ccccc21)c1cc([N+](=O)[O-])cc([N+](=O)[O-])c1. The fraction of sp³-hybridized carbons (Fsp3) is 0.190. The van der Waals surface area contributed by atoms with Crippen LogP contribution in [0.3, 0.4) is 0 Å². The summed E-state index contributed by atoms with van der Waals surface area (Å²) < 4.78 is 0. The van der Waals surface area contributed by atoms with E-state index < -0.39 is 27.1 Å². The molecule has 0 spiro atoms. The first-order valence-corrected chi connectivity index (χ1v) is 9.19. The normalized spacial score (nSPS) is 15.5. The summed E-state index contributed by atoms with van der Waals surface area (Å²) in [6.07, 6.45) is 2.53. The molecule has 1 atom stereocenters. The number of nitrogens with zero attached hydrogens (tertiary/aromatic N) is 2. The lowest BCUT2D eigenvalue weighted by Crippen LogP contribution is -2.31. The van der Waals surface area contributed by atoms with Crippen LogP contribution in [0.5, 0.6) is 0 Å². The van der Waals surface area contributed by atoms with E-state index in [1.165, 1.54) is 5.56 Å². The smallest absolute Gasteiger partial charge is 0.277 e. The van der Waals surface area contributed by atoms with E-state index in [9.17, 15) is 25.0 Å². The van der Waals surface area contributed by atoms with Gasteiger partial charge in [0.05, 0.1) is 27.5 Å². The van der Waals surface area contributed by atoms with E-state index in [0.717, 1.165) is 53.8 Å². The Morgan fingerprint density at radius 1 is 0.966 bits per heavy atom. The molecule has 0 unspecified atom stereocenters. The summed E-state index contributed by atoms with van der Waals surface area (Å²) in [5.41, 5.74) is 1.13. The van der Waals surface area contributed by atoms with Crippen LogP contribution in [0.2, 0.25) is 0 Å². The Balaban J connectivity index is 1.68. The number of carbonyl (C=O) groups is 1. The average Bonchev–Trinajstić information content (AvgIpc) is 2.73. The lowest BCUT2D eigenvalue weighted by atomic mass is 9.84. The minimum atomic E-state index is -0.744. The van der Waals surface area contributed by atoms with Crippen molar-refractivity contribution in [3.63, 3.8) is 0 Å². The van der Waals surface area contributed by atoms with Crippen molar-refractivity contribution in [3.8, 4) is 0 Å². The van der Waals surface area contributed by atoms with Crippen molar-refractivity contribution in [1.82, 2.24) is 5.32 Å². The summed E-state index contributed by atoms with van der Waals surface area (Å²) in [7, 11) is 0. The molecule has 0 aromatic heterocycles. The van der Waals surface area contributed by atoms with Crippen LogP contribution >= 0.6 is 0 Å². The second-order valence-electron chi connectivity index (χ2n) is 7.03. The van der Waals surface area contributed by atoms with Crippen LogP contribution in [-0.2, 0) is 6.42 Å². The zero-order valence-corrected chi connectivity index (χ0v) is 15.3. The van der Waals surface area contributed by atoms with Crippen LogP contribution in [0.15, 0.2) is 54.6 Å². The van der Waals surface area contributed by atoms with Gasteiger partial charge in [0.15, 0.2) is 0 Å². The van der Waals surface area contributed by atoms with E-state index in [4.69, 9.17) is 0 Å². The maximum atomic E-state index is 12.8. The number of nitro benzene ring substituents is 2. The molecule has 8 heteroatoms. The van der Waals surface area contributed by atoms with Crippen molar-refractivity contribution in [2.75, 3.05) is 0 Å². The minimum Gasteiger partial charge on any atom is -0.345 e. The third-order valence-corrected chi connectivity index (χ3v) is 5.26. The third kappa shape index (κ3) is 3.52. The Morgan fingerprint density at radius 3 is 2.34 bits per heavy atom. The highest BCUT2D eigenvalue weighted by molar-refractivity contribution is 5.96. The molecule has 146 valence electrons. The molecule has 29 heavy (non-hydrogen) atoms. The number of aryl methyl sites for hydroxylation is 1. The second kappa shape index (κ2) is 7.31. The molecular weight excluding hydrogens is 374 g/mol. The highest BCUT2D eigenvalue weighted by atomic mass is 16.6. The maximum absolute atomic E-state index is 12.8. The number of nitrogens with one attached hydrogen (secondary N) is 1. The summed E-state index contributed by atoms with van der Waals surface area (Å²) in [5.74, 6) is -0.567. The Morgan fingerprint density at radius 2 is 1.66 bits per heavy atom. The number of hydrogen-bond donors (Lipinski definition) is 1. The average molecular weight is 391 g/mol. The second-order valence-corrected chi connectivity index (χ2v) is 7.03. The highest BCUT2D eigenvalue weighted by Gasteiger charge is 2.25. The first-order chi connectivity index (χ1) is 13.9. The molecule has 4 rings (SSSR count). The van der Waals surface area contributed by atoms with E-state index in [1.807, 2.05) is 30.3 Å². The van der Waals surface area contributed by atoms with Gasteiger partial charge >= 0.3 is 0 Å². The van der Waals surface area contributed by atoms with Crippen LogP contribution in [0, 0.1) is 20.2 Å². The van der Waals surface area contributed by atoms with Gasteiger partial charge in [0, 0.05) is 12.1 Å². The van der Waals surface area contributed by atoms with Crippen molar-refractivity contribution < 1.29 is 14.6 Å². The Bertz CT molecular complexity index is 1130. The molecule has 0 saturated carbocycles. The van der Waals surface area contributed by atoms with Gasteiger partial charge in [0.25, 0.3) is 17.3 Å². The van der Waals surface area contributed by atoms with E-state index in [0.29, 0.717) is 0 Å². The fourth-order valence-corrected chi connectivity index (χ4v) is 3.93. The fourth-order valence-electron chi connectivity index (χ4n) is 3.93. The van der Waals surface area contributed by atoms with Crippen LogP contribution in [-0.4, -0.2) is 15.8 Å². The largest absolute Gasteiger partial charge is 0.345 e. The van der Waals surface area contributed by atoms with Gasteiger partial charge in [-0.15, -0.1) is 0 Å². The topological polar surface area (TPSA) is 115 Å². The summed E-state index contributed by atoms with van der Waals surface area (Å²) >= 11 is 0. The van der Waals surface area contributed by atoms with E-state index >= 15 is 0 Å². The molecule has 3 aromatic carbocycles. The molecule has 1 amide bonds. The molecule has 0 heterocycles. The lowest BCUT2D eigenvalue weighted by molar-refractivity contribution is -0.394. The molecule has 0 radical (unpaired) electrons. The number of fused-ring (bicyclic) bond motifs is 3. The van der Waals surface area contributed by atoms with Gasteiger partial charge in [-0.3, -0.25) is 25.0 Å². The molecule has 3 aromatic rings. The summed E-state index contributed by atoms with van der Waals surface area (Å²) in [6.45, 7) is 0. The van der Waals surface area contributed by atoms with E-state index in [1.54, 1.807) is 0 Å². The molecule has 0 bridgehead atoms. The molecule has 1 N–H and O–H groups in total. The number of nitro groups is 2. The summed E-state index contributed by atoms with van der Waals surface area (Å²) in [6, 6.07) is 14.8. The highest BCUT2D eigenvalue weighted by Crippen LogP contribution is 2.35. The Hall–Kier alpha value is -3.81. The van der Waals surface area contributed by atoms with Crippen LogP contribution < -0.4 is 5.32 Å². The Kier molecular flexibility index (Phi) is 4.67. The van der Waals surface area contributed by atoms with Crippen molar-refractivity contribution in [3.05, 3.63) is 91.5 Å². The van der Waals surface area contributed by atoms with Gasteiger partial charge in [-0.25, -0.2) is 0 Å². The van der Waals surface area contributed by atoms with Crippen LogP contribution in [0.25, 0.3) is 10.8 Å². The molecule has 0 saturated heterocycles. The monoisotopic (exact) mass is 391 g/mol. The van der Waals surface area contributed by atoms with Crippen molar-refractivity contribution in [2.45, 2.75) is 25.3 Å². The molecule has 1 aliphatic rings. The number of carbonyl (C=O) groups excluding carboxylic acids is 1. The number of benzene rings is 3. The van der Waals surface area contributed by atoms with E-state index in [-0.39, 0.29) is 11.6 Å². The number of amides is 1. The third-order valence-electron chi connectivity index (χ3n) is 5.26. The lowest BCUT2D eigenvalue weighted by Gasteiger charge is -2.27. The quantitative estimate of drug-likeness (QED) is 0.520. The number of non-ortho nitro benzene ring substituents is 2. The minimum absolute atomic E-state index is 0.0983. The molecule has 1 aliphatic carbocycles. The molecule has 8 nitrogen and oxygen atoms in total. The van der Waals surface area contributed by atoms with Crippen molar-refractivity contribution in [1.29, 1.82) is 0 Å². The van der Waals surface area contributed by atoms with Gasteiger partial charge in [0.1, 0.15) is 0 Å². The van der Waals surface area contributed by atoms with E-state index in [2.05, 4.69) is 11.4 Å². The molecular formula is C21H17N3O5. The number of hydrogen-bond acceptors (Lipinski definition) is 5. The zero-order chi connectivity index (χ0) is 20.5. The molecule has 0 fully saturated rings. The number of rotatable bonds is 4. The van der Waals surface area contributed by atoms with Crippen LogP contribution in [0.4, 0.5) is 11.4 Å². The predicted octanol–water partition coefficient (Wildman–Crippen LogP) is 4.46.